The molecule has 3 rings (SSSR count). The number of amides is 1. The molecule has 2 heterocycles. The molecule has 0 spiro atoms. The van der Waals surface area contributed by atoms with Gasteiger partial charge in [0.1, 0.15) is 17.1 Å². The van der Waals surface area contributed by atoms with Gasteiger partial charge in [0.25, 0.3) is 5.91 Å². The van der Waals surface area contributed by atoms with Crippen molar-refractivity contribution < 1.29 is 32.2 Å². The van der Waals surface area contributed by atoms with E-state index in [1.54, 1.807) is 14.0 Å². The number of halogens is 3. The number of aromatic nitrogens is 4. The standard InChI is InChI=1S/C19H18F3N5O4/c1-3-30-18(29)14-10-23-26(2)16(14)24-17(28)15-7-8-27(25-15)11-31-13-6-4-5-12(9-13)19(20,21)22/h4-10H,3,11H2,1-2H3,(H,24,28). The van der Waals surface area contributed by atoms with E-state index in [1.165, 1.54) is 40.0 Å². The van der Waals surface area contributed by atoms with Gasteiger partial charge in [0.2, 0.25) is 0 Å². The Labute approximate surface area is 174 Å². The van der Waals surface area contributed by atoms with Crippen molar-refractivity contribution in [2.24, 2.45) is 7.05 Å². The molecule has 1 amide bonds. The maximum atomic E-state index is 12.8. The van der Waals surface area contributed by atoms with Crippen LogP contribution in [0.1, 0.15) is 33.3 Å². The second kappa shape index (κ2) is 8.90. The zero-order chi connectivity index (χ0) is 22.6. The van der Waals surface area contributed by atoms with Crippen LogP contribution >= 0.6 is 0 Å². The van der Waals surface area contributed by atoms with Crippen LogP contribution in [0.4, 0.5) is 19.0 Å². The predicted octanol–water partition coefficient (Wildman–Crippen LogP) is 3.10. The van der Waals surface area contributed by atoms with E-state index in [9.17, 15) is 22.8 Å². The average Bonchev–Trinajstić information content (AvgIpc) is 3.33. The number of ether oxygens (including phenoxy) is 2. The predicted molar refractivity (Wildman–Crippen MR) is 101 cm³/mol. The van der Waals surface area contributed by atoms with Gasteiger partial charge >= 0.3 is 12.1 Å². The lowest BCUT2D eigenvalue weighted by Crippen LogP contribution is -2.18. The number of benzene rings is 1. The van der Waals surface area contributed by atoms with Gasteiger partial charge in [-0.3, -0.25) is 9.48 Å². The van der Waals surface area contributed by atoms with E-state index in [0.717, 1.165) is 12.1 Å². The SMILES string of the molecule is CCOC(=O)c1cnn(C)c1NC(=O)c1ccn(COc2cccc(C(F)(F)F)c2)n1. The van der Waals surface area contributed by atoms with E-state index in [0.29, 0.717) is 0 Å². The highest BCUT2D eigenvalue weighted by Crippen LogP contribution is 2.31. The average molecular weight is 437 g/mol. The summed E-state index contributed by atoms with van der Waals surface area (Å²) in [5.74, 6) is -1.11. The van der Waals surface area contributed by atoms with Crippen molar-refractivity contribution in [3.8, 4) is 5.75 Å². The highest BCUT2D eigenvalue weighted by molar-refractivity contribution is 6.06. The Hall–Kier alpha value is -3.83. The number of nitrogens with zero attached hydrogens (tertiary/aromatic N) is 4. The molecule has 164 valence electrons. The summed E-state index contributed by atoms with van der Waals surface area (Å²) >= 11 is 0. The highest BCUT2D eigenvalue weighted by atomic mass is 19.4. The molecule has 0 aliphatic rings. The molecule has 0 fully saturated rings. The van der Waals surface area contributed by atoms with Crippen molar-refractivity contribution in [3.63, 3.8) is 0 Å². The zero-order valence-corrected chi connectivity index (χ0v) is 16.5. The van der Waals surface area contributed by atoms with Crippen LogP contribution in [0.15, 0.2) is 42.7 Å². The fourth-order valence-corrected chi connectivity index (χ4v) is 2.57. The minimum Gasteiger partial charge on any atom is -0.471 e. The first kappa shape index (κ1) is 21.9. The summed E-state index contributed by atoms with van der Waals surface area (Å²) in [7, 11) is 1.54. The number of esters is 1. The molecule has 9 nitrogen and oxygen atoms in total. The second-order valence-corrected chi connectivity index (χ2v) is 6.24. The monoisotopic (exact) mass is 437 g/mol. The molecule has 3 aromatic rings. The fraction of sp³-hybridized carbons (Fsp3) is 0.263. The Morgan fingerprint density at radius 3 is 2.71 bits per heavy atom. The molecule has 0 radical (unpaired) electrons. The van der Waals surface area contributed by atoms with Gasteiger partial charge in [-0.05, 0) is 31.2 Å². The summed E-state index contributed by atoms with van der Waals surface area (Å²) in [6.07, 6.45) is -1.78. The summed E-state index contributed by atoms with van der Waals surface area (Å²) in [4.78, 5) is 24.5. The molecule has 0 saturated heterocycles. The molecule has 0 aliphatic heterocycles. The van der Waals surface area contributed by atoms with Gasteiger partial charge in [0.05, 0.1) is 18.4 Å². The lowest BCUT2D eigenvalue weighted by Gasteiger charge is -2.10. The number of carbonyl (C=O) groups is 2. The fourth-order valence-electron chi connectivity index (χ4n) is 2.57. The first-order chi connectivity index (χ1) is 14.7. The quantitative estimate of drug-likeness (QED) is 0.570. The summed E-state index contributed by atoms with van der Waals surface area (Å²) in [6.45, 7) is 1.60. The van der Waals surface area contributed by atoms with Crippen molar-refractivity contribution in [2.75, 3.05) is 11.9 Å². The maximum absolute atomic E-state index is 12.8. The van der Waals surface area contributed by atoms with Gasteiger partial charge in [-0.2, -0.15) is 23.4 Å². The van der Waals surface area contributed by atoms with Crippen molar-refractivity contribution in [2.45, 2.75) is 19.8 Å². The topological polar surface area (TPSA) is 100 Å². The summed E-state index contributed by atoms with van der Waals surface area (Å²) < 4.78 is 51.1. The molecule has 1 N–H and O–H groups in total. The Balaban J connectivity index is 1.66. The summed E-state index contributed by atoms with van der Waals surface area (Å²) in [5.41, 5.74) is -0.743. The van der Waals surface area contributed by atoms with Crippen molar-refractivity contribution in [1.82, 2.24) is 19.6 Å². The molecule has 0 bridgehead atoms. The van der Waals surface area contributed by atoms with Gasteiger partial charge in [0, 0.05) is 13.2 Å². The van der Waals surface area contributed by atoms with Gasteiger partial charge in [-0.25, -0.2) is 9.48 Å². The lowest BCUT2D eigenvalue weighted by molar-refractivity contribution is -0.137. The number of anilines is 1. The molecule has 0 unspecified atom stereocenters. The molecule has 12 heteroatoms. The van der Waals surface area contributed by atoms with E-state index >= 15 is 0 Å². The van der Waals surface area contributed by atoms with Crippen LogP contribution in [0.25, 0.3) is 0 Å². The number of aryl methyl sites for hydroxylation is 1. The first-order valence-electron chi connectivity index (χ1n) is 9.03. The number of hydrogen-bond acceptors (Lipinski definition) is 6. The second-order valence-electron chi connectivity index (χ2n) is 6.24. The molecule has 1 aromatic carbocycles. The Bertz CT molecular complexity index is 1090. The van der Waals surface area contributed by atoms with E-state index in [-0.39, 0.29) is 36.2 Å². The van der Waals surface area contributed by atoms with Gasteiger partial charge in [-0.15, -0.1) is 0 Å². The zero-order valence-electron chi connectivity index (χ0n) is 16.5. The van der Waals surface area contributed by atoms with Gasteiger partial charge in [0.15, 0.2) is 12.4 Å². The van der Waals surface area contributed by atoms with E-state index in [1.807, 2.05) is 0 Å². The van der Waals surface area contributed by atoms with Crippen molar-refractivity contribution >= 4 is 17.7 Å². The van der Waals surface area contributed by atoms with Gasteiger partial charge in [-0.1, -0.05) is 6.07 Å². The minimum absolute atomic E-state index is 0.00338. The minimum atomic E-state index is -4.48. The molecule has 31 heavy (non-hydrogen) atoms. The van der Waals surface area contributed by atoms with Crippen LogP contribution in [0.2, 0.25) is 0 Å². The van der Waals surface area contributed by atoms with Crippen LogP contribution in [0, 0.1) is 0 Å². The van der Waals surface area contributed by atoms with Crippen LogP contribution in [-0.4, -0.2) is 38.0 Å². The first-order valence-corrected chi connectivity index (χ1v) is 9.03. The maximum Gasteiger partial charge on any atom is 0.416 e. The largest absolute Gasteiger partial charge is 0.471 e. The smallest absolute Gasteiger partial charge is 0.416 e. The summed E-state index contributed by atoms with van der Waals surface area (Å²) in [5, 5.41) is 10.5. The molecule has 2 aromatic heterocycles. The third kappa shape index (κ3) is 5.21. The normalized spacial score (nSPS) is 11.3. The van der Waals surface area contributed by atoms with Crippen LogP contribution in [0.3, 0.4) is 0 Å². The van der Waals surface area contributed by atoms with Crippen molar-refractivity contribution in [3.05, 3.63) is 59.5 Å². The van der Waals surface area contributed by atoms with E-state index in [2.05, 4.69) is 15.5 Å². The van der Waals surface area contributed by atoms with Crippen LogP contribution < -0.4 is 10.1 Å². The third-order valence-electron chi connectivity index (χ3n) is 4.06. The molecule has 0 saturated carbocycles. The van der Waals surface area contributed by atoms with Crippen LogP contribution in [-0.2, 0) is 24.7 Å². The van der Waals surface area contributed by atoms with Crippen molar-refractivity contribution in [1.29, 1.82) is 0 Å². The van der Waals surface area contributed by atoms with E-state index in [4.69, 9.17) is 9.47 Å². The number of alkyl halides is 3. The highest BCUT2D eigenvalue weighted by Gasteiger charge is 2.30. The number of nitrogens with one attached hydrogen (secondary N) is 1. The number of carbonyl (C=O) groups excluding carboxylic acids is 2. The lowest BCUT2D eigenvalue weighted by atomic mass is 10.2. The Morgan fingerprint density at radius 1 is 1.23 bits per heavy atom. The molecular formula is C19H18F3N5O4. The van der Waals surface area contributed by atoms with E-state index < -0.39 is 23.6 Å². The molecular weight excluding hydrogens is 419 g/mol. The Kier molecular flexibility index (Phi) is 6.28. The number of rotatable bonds is 7. The molecule has 0 atom stereocenters. The van der Waals surface area contributed by atoms with Gasteiger partial charge < -0.3 is 14.8 Å². The number of hydrogen-bond donors (Lipinski definition) is 1. The Morgan fingerprint density at radius 2 is 2.00 bits per heavy atom. The molecule has 0 aliphatic carbocycles. The third-order valence-corrected chi connectivity index (χ3v) is 4.06. The van der Waals surface area contributed by atoms with Crippen LogP contribution in [0.5, 0.6) is 5.75 Å². The summed E-state index contributed by atoms with van der Waals surface area (Å²) in [6, 6.07) is 5.81.